The summed E-state index contributed by atoms with van der Waals surface area (Å²) >= 11 is 0. The first-order valence-electron chi connectivity index (χ1n) is 8.56. The molecule has 1 N–H and O–H groups in total. The summed E-state index contributed by atoms with van der Waals surface area (Å²) in [6.07, 6.45) is 17.7. The van der Waals surface area contributed by atoms with E-state index in [2.05, 4.69) is 26.9 Å². The van der Waals surface area contributed by atoms with Crippen molar-refractivity contribution in [1.82, 2.24) is 0 Å². The fourth-order valence-corrected chi connectivity index (χ4v) is 3.81. The molecule has 0 radical (unpaired) electrons. The van der Waals surface area contributed by atoms with Crippen LogP contribution in [0.1, 0.15) is 84.0 Å². The summed E-state index contributed by atoms with van der Waals surface area (Å²) in [5, 5.41) is 0. The molecule has 0 aliphatic carbocycles. The third kappa shape index (κ3) is 18.4. The molecule has 0 bridgehead atoms. The van der Waals surface area contributed by atoms with E-state index in [9.17, 15) is 4.89 Å². The van der Waals surface area contributed by atoms with Crippen molar-refractivity contribution in [2.45, 2.75) is 84.0 Å². The zero-order valence-corrected chi connectivity index (χ0v) is 15.0. The van der Waals surface area contributed by atoms with Gasteiger partial charge in [-0.3, -0.25) is 0 Å². The van der Waals surface area contributed by atoms with Gasteiger partial charge in [0.25, 0.3) is 0 Å². The minimum atomic E-state index is -2.21. The molecule has 19 heavy (non-hydrogen) atoms. The molecule has 0 amide bonds. The van der Waals surface area contributed by atoms with Crippen LogP contribution in [0, 0.1) is 0 Å². The minimum absolute atomic E-state index is 1.04. The molecule has 2 heteroatoms. The van der Waals surface area contributed by atoms with Crippen molar-refractivity contribution < 1.29 is 4.89 Å². The number of hydrogen-bond acceptors (Lipinski definition) is 1. The van der Waals surface area contributed by atoms with Crippen molar-refractivity contribution in [1.29, 1.82) is 0 Å². The number of rotatable bonds is 13. The number of hydrogen-bond donors (Lipinski definition) is 1. The van der Waals surface area contributed by atoms with Crippen molar-refractivity contribution in [3.05, 3.63) is 0 Å². The first-order valence-corrected chi connectivity index (χ1v) is 12.3. The monoisotopic (exact) mass is 290 g/mol. The van der Waals surface area contributed by atoms with Crippen LogP contribution in [0.4, 0.5) is 0 Å². The fourth-order valence-electron chi connectivity index (χ4n) is 2.50. The van der Waals surface area contributed by atoms with E-state index in [1.165, 1.54) is 77.0 Å². The van der Waals surface area contributed by atoms with E-state index < -0.39 is 6.83 Å². The second-order valence-electron chi connectivity index (χ2n) is 7.64. The molecule has 0 rings (SSSR count). The summed E-state index contributed by atoms with van der Waals surface area (Å²) in [4.78, 5) is 10.2. The molecule has 0 aromatic heterocycles. The Morgan fingerprint density at radius 2 is 0.895 bits per heavy atom. The molecule has 1 nitrogen and oxygen atoms in total. The van der Waals surface area contributed by atoms with Gasteiger partial charge in [-0.1, -0.05) is 13.3 Å². The Balaban J connectivity index is 3.12. The Kier molecular flexibility index (Phi) is 10.4. The van der Waals surface area contributed by atoms with Gasteiger partial charge < -0.3 is 0 Å². The molecule has 0 aromatic carbocycles. The molecular weight excluding hydrogens is 251 g/mol. The van der Waals surface area contributed by atoms with E-state index in [4.69, 9.17) is 0 Å². The third-order valence-electron chi connectivity index (χ3n) is 3.78. The molecule has 0 aromatic rings. The van der Waals surface area contributed by atoms with Crippen molar-refractivity contribution in [2.75, 3.05) is 26.2 Å². The van der Waals surface area contributed by atoms with Crippen molar-refractivity contribution in [3.63, 3.8) is 0 Å². The second-order valence-corrected chi connectivity index (χ2v) is 14.2. The SMILES string of the molecule is CCCCCCCCCCCCCCP(C)(C)(C)O. The van der Waals surface area contributed by atoms with Crippen molar-refractivity contribution in [3.8, 4) is 0 Å². The van der Waals surface area contributed by atoms with Crippen LogP contribution >= 0.6 is 6.83 Å². The fraction of sp³-hybridized carbons (Fsp3) is 1.00. The Bertz CT molecular complexity index is 196. The van der Waals surface area contributed by atoms with Crippen molar-refractivity contribution in [2.24, 2.45) is 0 Å². The van der Waals surface area contributed by atoms with E-state index in [1.807, 2.05) is 0 Å². The molecule has 0 heterocycles. The maximum atomic E-state index is 10.2. The first kappa shape index (κ1) is 19.4. The maximum absolute atomic E-state index is 10.2. The molecular formula is C17H39OP. The molecule has 0 aliphatic heterocycles. The molecule has 0 fully saturated rings. The first-order chi connectivity index (χ1) is 8.81. The predicted octanol–water partition coefficient (Wildman–Crippen LogP) is 6.04. The Hall–Kier alpha value is 0.390. The van der Waals surface area contributed by atoms with Gasteiger partial charge in [-0.25, -0.2) is 0 Å². The summed E-state index contributed by atoms with van der Waals surface area (Å²) in [6, 6.07) is 0. The van der Waals surface area contributed by atoms with Crippen LogP contribution in [0.25, 0.3) is 0 Å². The van der Waals surface area contributed by atoms with Crippen LogP contribution in [0.3, 0.4) is 0 Å². The summed E-state index contributed by atoms with van der Waals surface area (Å²) in [5.74, 6) is 0. The van der Waals surface area contributed by atoms with E-state index in [0.29, 0.717) is 0 Å². The number of unbranched alkanes of at least 4 members (excludes halogenated alkanes) is 11. The van der Waals surface area contributed by atoms with Gasteiger partial charge in [0.1, 0.15) is 0 Å². The van der Waals surface area contributed by atoms with Gasteiger partial charge in [0.2, 0.25) is 0 Å². The zero-order chi connectivity index (χ0) is 14.6. The Labute approximate surface area is 122 Å². The van der Waals surface area contributed by atoms with Crippen LogP contribution in [0.5, 0.6) is 0 Å². The molecule has 0 spiro atoms. The predicted molar refractivity (Wildman–Crippen MR) is 92.9 cm³/mol. The van der Waals surface area contributed by atoms with Crippen LogP contribution in [0.2, 0.25) is 0 Å². The van der Waals surface area contributed by atoms with Gasteiger partial charge in [0.05, 0.1) is 0 Å². The molecule has 0 unspecified atom stereocenters. The van der Waals surface area contributed by atoms with E-state index >= 15 is 0 Å². The molecule has 0 atom stereocenters. The molecule has 0 saturated carbocycles. The van der Waals surface area contributed by atoms with E-state index in [-0.39, 0.29) is 0 Å². The summed E-state index contributed by atoms with van der Waals surface area (Å²) in [7, 11) is 0. The second kappa shape index (κ2) is 10.2. The Morgan fingerprint density at radius 1 is 0.579 bits per heavy atom. The average Bonchev–Trinajstić information content (AvgIpc) is 2.28. The van der Waals surface area contributed by atoms with E-state index in [1.54, 1.807) is 0 Å². The van der Waals surface area contributed by atoms with Crippen LogP contribution in [-0.4, -0.2) is 31.0 Å². The normalized spacial score (nSPS) is 14.3. The van der Waals surface area contributed by atoms with Crippen LogP contribution < -0.4 is 0 Å². The van der Waals surface area contributed by atoms with Gasteiger partial charge in [-0.15, -0.1) is 0 Å². The summed E-state index contributed by atoms with van der Waals surface area (Å²) < 4.78 is 0. The van der Waals surface area contributed by atoms with E-state index in [0.717, 1.165) is 6.16 Å². The zero-order valence-electron chi connectivity index (χ0n) is 14.1. The molecule has 0 saturated heterocycles. The standard InChI is InChI=1S/C17H39OP/c1-5-6-7-8-9-10-11-12-13-14-15-16-17-19(2,3,4)18/h18H,5-17H2,1-4H3. The van der Waals surface area contributed by atoms with Gasteiger partial charge in [-0.05, 0) is 0 Å². The van der Waals surface area contributed by atoms with Gasteiger partial charge in [-0.2, -0.15) is 0 Å². The molecule has 0 aliphatic rings. The Morgan fingerprint density at radius 3 is 1.21 bits per heavy atom. The van der Waals surface area contributed by atoms with Crippen LogP contribution in [0.15, 0.2) is 0 Å². The summed E-state index contributed by atoms with van der Waals surface area (Å²) in [6.45, 7) is 6.25. The van der Waals surface area contributed by atoms with Crippen LogP contribution in [-0.2, 0) is 0 Å². The molecule has 118 valence electrons. The van der Waals surface area contributed by atoms with Crippen molar-refractivity contribution >= 4 is 6.83 Å². The van der Waals surface area contributed by atoms with Gasteiger partial charge in [0, 0.05) is 0 Å². The topological polar surface area (TPSA) is 20.2 Å². The third-order valence-corrected chi connectivity index (χ3v) is 5.64. The average molecular weight is 290 g/mol. The van der Waals surface area contributed by atoms with Gasteiger partial charge in [0.15, 0.2) is 0 Å². The van der Waals surface area contributed by atoms with Gasteiger partial charge >= 0.3 is 109 Å². The summed E-state index contributed by atoms with van der Waals surface area (Å²) in [5.41, 5.74) is 0. The quantitative estimate of drug-likeness (QED) is 0.324.